The molecular formula is C24H18BrCl2NO. The highest BCUT2D eigenvalue weighted by atomic mass is 79.9. The predicted octanol–water partition coefficient (Wildman–Crippen LogP) is 8.02. The summed E-state index contributed by atoms with van der Waals surface area (Å²) in [5.74, 6) is 0.829. The van der Waals surface area contributed by atoms with Crippen LogP contribution in [-0.4, -0.2) is 0 Å². The van der Waals surface area contributed by atoms with Crippen LogP contribution in [0, 0.1) is 25.2 Å². The summed E-state index contributed by atoms with van der Waals surface area (Å²) in [7, 11) is 0. The molecule has 0 N–H and O–H groups in total. The van der Waals surface area contributed by atoms with Crippen LogP contribution in [0.5, 0.6) is 5.75 Å². The van der Waals surface area contributed by atoms with Crippen molar-refractivity contribution in [3.63, 3.8) is 0 Å². The normalized spacial score (nSPS) is 11.2. The largest absolute Gasteiger partial charge is 0.488 e. The quantitative estimate of drug-likeness (QED) is 0.270. The lowest BCUT2D eigenvalue weighted by Gasteiger charge is -2.14. The van der Waals surface area contributed by atoms with Crippen LogP contribution in [0.1, 0.15) is 27.8 Å². The molecule has 2 nitrogen and oxygen atoms in total. The Morgan fingerprint density at radius 2 is 1.66 bits per heavy atom. The average molecular weight is 487 g/mol. The van der Waals surface area contributed by atoms with Crippen molar-refractivity contribution in [1.29, 1.82) is 5.26 Å². The van der Waals surface area contributed by atoms with Gasteiger partial charge in [-0.3, -0.25) is 0 Å². The van der Waals surface area contributed by atoms with E-state index in [9.17, 15) is 5.26 Å². The Morgan fingerprint density at radius 1 is 1.00 bits per heavy atom. The molecule has 0 spiro atoms. The highest BCUT2D eigenvalue weighted by Crippen LogP contribution is 2.29. The summed E-state index contributed by atoms with van der Waals surface area (Å²) in [6.45, 7) is 4.40. The van der Waals surface area contributed by atoms with Crippen LogP contribution in [-0.2, 0) is 6.61 Å². The van der Waals surface area contributed by atoms with Gasteiger partial charge in [0.15, 0.2) is 0 Å². The summed E-state index contributed by atoms with van der Waals surface area (Å²) in [6, 6.07) is 19.5. The Labute approximate surface area is 189 Å². The molecule has 0 aliphatic carbocycles. The average Bonchev–Trinajstić information content (AvgIpc) is 2.69. The molecule has 3 aromatic rings. The zero-order chi connectivity index (χ0) is 21.0. The van der Waals surface area contributed by atoms with Crippen molar-refractivity contribution in [2.75, 3.05) is 0 Å². The molecule has 5 heteroatoms. The summed E-state index contributed by atoms with van der Waals surface area (Å²) >= 11 is 15.5. The van der Waals surface area contributed by atoms with Gasteiger partial charge in [0.05, 0.1) is 21.7 Å². The molecule has 0 aliphatic rings. The molecule has 0 aromatic heterocycles. The number of ether oxygens (including phenoxy) is 1. The molecule has 0 fully saturated rings. The number of hydrogen-bond acceptors (Lipinski definition) is 2. The summed E-state index contributed by atoms with van der Waals surface area (Å²) < 4.78 is 7.02. The van der Waals surface area contributed by atoms with Crippen LogP contribution in [0.4, 0.5) is 0 Å². The maximum Gasteiger partial charge on any atom is 0.125 e. The van der Waals surface area contributed by atoms with E-state index in [-0.39, 0.29) is 0 Å². The minimum atomic E-state index is 0.399. The molecule has 0 bridgehead atoms. The molecule has 0 saturated carbocycles. The van der Waals surface area contributed by atoms with Crippen molar-refractivity contribution in [3.8, 4) is 11.8 Å². The van der Waals surface area contributed by atoms with Crippen LogP contribution >= 0.6 is 39.1 Å². The van der Waals surface area contributed by atoms with E-state index < -0.39 is 0 Å². The first-order valence-corrected chi connectivity index (χ1v) is 10.5. The number of allylic oxidation sites excluding steroid dienone is 1. The Morgan fingerprint density at radius 3 is 2.24 bits per heavy atom. The fourth-order valence-corrected chi connectivity index (χ4v) is 3.64. The molecule has 0 atom stereocenters. The highest BCUT2D eigenvalue weighted by Gasteiger charge is 2.09. The van der Waals surface area contributed by atoms with Crippen LogP contribution in [0.2, 0.25) is 10.0 Å². The van der Waals surface area contributed by atoms with E-state index in [1.54, 1.807) is 6.07 Å². The van der Waals surface area contributed by atoms with Crippen molar-refractivity contribution in [3.05, 3.63) is 96.9 Å². The highest BCUT2D eigenvalue weighted by molar-refractivity contribution is 9.10. The van der Waals surface area contributed by atoms with Crippen LogP contribution in [0.3, 0.4) is 0 Å². The molecule has 0 radical (unpaired) electrons. The standard InChI is InChI=1S/C24H18BrCl2NO/c1-15-9-18(11-20(13-28)19-4-6-21(25)7-5-19)10-16(2)24(15)29-14-17-3-8-22(26)23(27)12-17/h3-12H,14H2,1-2H3/b20-11+. The number of aryl methyl sites for hydroxylation is 2. The number of halogens is 3. The molecule has 3 rings (SSSR count). The Balaban J connectivity index is 1.83. The van der Waals surface area contributed by atoms with Crippen molar-refractivity contribution in [2.45, 2.75) is 20.5 Å². The first-order valence-electron chi connectivity index (χ1n) is 8.93. The van der Waals surface area contributed by atoms with E-state index >= 15 is 0 Å². The zero-order valence-corrected chi connectivity index (χ0v) is 19.1. The first kappa shape index (κ1) is 21.5. The summed E-state index contributed by atoms with van der Waals surface area (Å²) in [4.78, 5) is 0. The van der Waals surface area contributed by atoms with E-state index in [1.165, 1.54) is 0 Å². The lowest BCUT2D eigenvalue weighted by atomic mass is 10.0. The van der Waals surface area contributed by atoms with Gasteiger partial charge in [-0.15, -0.1) is 0 Å². The Hall–Kier alpha value is -2.25. The maximum absolute atomic E-state index is 9.58. The van der Waals surface area contributed by atoms with Gasteiger partial charge in [-0.05, 0) is 84.1 Å². The van der Waals surface area contributed by atoms with Gasteiger partial charge in [-0.2, -0.15) is 5.26 Å². The number of nitriles is 1. The zero-order valence-electron chi connectivity index (χ0n) is 16.0. The van der Waals surface area contributed by atoms with Crippen LogP contribution in [0.15, 0.2) is 59.1 Å². The molecule has 0 saturated heterocycles. The number of benzene rings is 3. The number of rotatable bonds is 5. The van der Waals surface area contributed by atoms with Gasteiger partial charge in [-0.25, -0.2) is 0 Å². The minimum Gasteiger partial charge on any atom is -0.488 e. The molecule has 0 aliphatic heterocycles. The van der Waals surface area contributed by atoms with Gasteiger partial charge in [0.1, 0.15) is 12.4 Å². The van der Waals surface area contributed by atoms with Gasteiger partial charge >= 0.3 is 0 Å². The SMILES string of the molecule is Cc1cc(/C=C(\C#N)c2ccc(Br)cc2)cc(C)c1OCc1ccc(Cl)c(Cl)c1. The summed E-state index contributed by atoms with van der Waals surface area (Å²) in [6.07, 6.45) is 1.89. The third kappa shape index (κ3) is 5.42. The second-order valence-corrected chi connectivity index (χ2v) is 8.43. The van der Waals surface area contributed by atoms with Crippen molar-refractivity contribution in [1.82, 2.24) is 0 Å². The van der Waals surface area contributed by atoms with Crippen molar-refractivity contribution >= 4 is 50.8 Å². The van der Waals surface area contributed by atoms with Crippen molar-refractivity contribution < 1.29 is 4.74 Å². The monoisotopic (exact) mass is 485 g/mol. The second kappa shape index (κ2) is 9.50. The Bertz CT molecular complexity index is 1090. The minimum absolute atomic E-state index is 0.399. The summed E-state index contributed by atoms with van der Waals surface area (Å²) in [5.41, 5.74) is 5.41. The van der Waals surface area contributed by atoms with E-state index in [4.69, 9.17) is 27.9 Å². The molecule has 0 unspecified atom stereocenters. The second-order valence-electron chi connectivity index (χ2n) is 6.70. The number of nitrogens with zero attached hydrogens (tertiary/aromatic N) is 1. The van der Waals surface area contributed by atoms with Gasteiger partial charge in [0.2, 0.25) is 0 Å². The van der Waals surface area contributed by atoms with E-state index in [2.05, 4.69) is 22.0 Å². The maximum atomic E-state index is 9.58. The van der Waals surface area contributed by atoms with E-state index in [1.807, 2.05) is 68.5 Å². The lowest BCUT2D eigenvalue weighted by molar-refractivity contribution is 0.302. The van der Waals surface area contributed by atoms with E-state index in [0.717, 1.165) is 38.0 Å². The van der Waals surface area contributed by atoms with Gasteiger partial charge in [0, 0.05) is 4.47 Å². The third-order valence-electron chi connectivity index (χ3n) is 4.44. The van der Waals surface area contributed by atoms with Gasteiger partial charge < -0.3 is 4.74 Å². The van der Waals surface area contributed by atoms with E-state index in [0.29, 0.717) is 22.2 Å². The summed E-state index contributed by atoms with van der Waals surface area (Å²) in [5, 5.41) is 10.6. The molecule has 146 valence electrons. The van der Waals surface area contributed by atoms with Crippen molar-refractivity contribution in [2.24, 2.45) is 0 Å². The molecule has 3 aromatic carbocycles. The first-order chi connectivity index (χ1) is 13.9. The molecule has 0 amide bonds. The lowest BCUT2D eigenvalue weighted by Crippen LogP contribution is -1.99. The third-order valence-corrected chi connectivity index (χ3v) is 5.70. The topological polar surface area (TPSA) is 33.0 Å². The number of hydrogen-bond donors (Lipinski definition) is 0. The Kier molecular flexibility index (Phi) is 7.03. The van der Waals surface area contributed by atoms with Gasteiger partial charge in [-0.1, -0.05) is 57.3 Å². The molecule has 29 heavy (non-hydrogen) atoms. The fraction of sp³-hybridized carbons (Fsp3) is 0.125. The predicted molar refractivity (Wildman–Crippen MR) is 124 cm³/mol. The van der Waals surface area contributed by atoms with Crippen LogP contribution < -0.4 is 4.74 Å². The fourth-order valence-electron chi connectivity index (χ4n) is 3.06. The van der Waals surface area contributed by atoms with Gasteiger partial charge in [0.25, 0.3) is 0 Å². The smallest absolute Gasteiger partial charge is 0.125 e. The molecule has 0 heterocycles. The van der Waals surface area contributed by atoms with Crippen LogP contribution in [0.25, 0.3) is 11.6 Å². The molecular weight excluding hydrogens is 469 g/mol.